The predicted molar refractivity (Wildman–Crippen MR) is 78.6 cm³/mol. The van der Waals surface area contributed by atoms with Gasteiger partial charge in [0.05, 0.1) is 11.8 Å². The summed E-state index contributed by atoms with van der Waals surface area (Å²) in [5.41, 5.74) is 1.13. The highest BCUT2D eigenvalue weighted by Gasteiger charge is 2.27. The molecule has 0 atom stereocenters. The Balaban J connectivity index is 2.61. The molecule has 0 bridgehead atoms. The van der Waals surface area contributed by atoms with E-state index in [1.165, 1.54) is 0 Å². The molecule has 0 radical (unpaired) electrons. The van der Waals surface area contributed by atoms with E-state index >= 15 is 0 Å². The summed E-state index contributed by atoms with van der Waals surface area (Å²) in [5, 5.41) is 11.9. The van der Waals surface area contributed by atoms with Gasteiger partial charge in [0.2, 0.25) is 5.91 Å². The Morgan fingerprint density at radius 2 is 1.70 bits per heavy atom. The fourth-order valence-corrected chi connectivity index (χ4v) is 1.87. The van der Waals surface area contributed by atoms with E-state index in [1.54, 1.807) is 13.8 Å². The lowest BCUT2D eigenvalue weighted by molar-refractivity contribution is -0.146. The molecular formula is C16H23NO3. The maximum atomic E-state index is 11.6. The molecule has 0 heterocycles. The lowest BCUT2D eigenvalue weighted by atomic mass is 9.86. The van der Waals surface area contributed by atoms with Gasteiger partial charge in [0.25, 0.3) is 0 Å². The molecule has 1 aromatic carbocycles. The van der Waals surface area contributed by atoms with Gasteiger partial charge in [0, 0.05) is 6.54 Å². The van der Waals surface area contributed by atoms with Gasteiger partial charge in [0.15, 0.2) is 0 Å². The molecule has 0 spiro atoms. The van der Waals surface area contributed by atoms with Crippen molar-refractivity contribution >= 4 is 11.9 Å². The monoisotopic (exact) mass is 277 g/mol. The lowest BCUT2D eigenvalue weighted by Gasteiger charge is -2.19. The molecule has 110 valence electrons. The SMILES string of the molecule is CCCNC(=O)Cc1ccc(CC(C)(C)C(=O)O)cc1. The van der Waals surface area contributed by atoms with E-state index in [0.717, 1.165) is 17.5 Å². The van der Waals surface area contributed by atoms with E-state index in [0.29, 0.717) is 19.4 Å². The van der Waals surface area contributed by atoms with Crippen molar-refractivity contribution in [1.29, 1.82) is 0 Å². The molecule has 20 heavy (non-hydrogen) atoms. The van der Waals surface area contributed by atoms with Gasteiger partial charge in [-0.3, -0.25) is 9.59 Å². The van der Waals surface area contributed by atoms with Crippen LogP contribution in [0.25, 0.3) is 0 Å². The van der Waals surface area contributed by atoms with Gasteiger partial charge in [-0.15, -0.1) is 0 Å². The smallest absolute Gasteiger partial charge is 0.309 e. The number of nitrogens with one attached hydrogen (secondary N) is 1. The van der Waals surface area contributed by atoms with Gasteiger partial charge < -0.3 is 10.4 Å². The molecule has 2 N–H and O–H groups in total. The average Bonchev–Trinajstić information content (AvgIpc) is 2.38. The minimum Gasteiger partial charge on any atom is -0.481 e. The third kappa shape index (κ3) is 5.03. The molecule has 0 aliphatic rings. The highest BCUT2D eigenvalue weighted by Crippen LogP contribution is 2.22. The Morgan fingerprint density at radius 1 is 1.15 bits per heavy atom. The molecule has 4 heteroatoms. The molecule has 1 rings (SSSR count). The van der Waals surface area contributed by atoms with Crippen LogP contribution in [0.15, 0.2) is 24.3 Å². The number of amides is 1. The third-order valence-electron chi connectivity index (χ3n) is 3.18. The topological polar surface area (TPSA) is 66.4 Å². The van der Waals surface area contributed by atoms with E-state index in [1.807, 2.05) is 31.2 Å². The minimum atomic E-state index is -0.805. The number of carboxylic acids is 1. The Bertz CT molecular complexity index is 463. The average molecular weight is 277 g/mol. The zero-order valence-corrected chi connectivity index (χ0v) is 12.4. The first kappa shape index (κ1) is 16.2. The molecule has 4 nitrogen and oxygen atoms in total. The number of rotatable bonds is 7. The summed E-state index contributed by atoms with van der Waals surface area (Å²) in [4.78, 5) is 22.7. The fraction of sp³-hybridized carbons (Fsp3) is 0.500. The van der Waals surface area contributed by atoms with E-state index in [9.17, 15) is 9.59 Å². The summed E-state index contributed by atoms with van der Waals surface area (Å²) in [6.45, 7) is 6.13. The maximum Gasteiger partial charge on any atom is 0.309 e. The second-order valence-corrected chi connectivity index (χ2v) is 5.71. The number of aliphatic carboxylic acids is 1. The van der Waals surface area contributed by atoms with Crippen molar-refractivity contribution in [1.82, 2.24) is 5.32 Å². The van der Waals surface area contributed by atoms with Crippen molar-refractivity contribution in [2.24, 2.45) is 5.41 Å². The Kier molecular flexibility index (Phi) is 5.74. The number of carbonyl (C=O) groups excluding carboxylic acids is 1. The lowest BCUT2D eigenvalue weighted by Crippen LogP contribution is -2.26. The van der Waals surface area contributed by atoms with Crippen LogP contribution >= 0.6 is 0 Å². The van der Waals surface area contributed by atoms with Gasteiger partial charge in [-0.1, -0.05) is 31.2 Å². The molecule has 0 saturated heterocycles. The predicted octanol–water partition coefficient (Wildman–Crippen LogP) is 2.41. The van der Waals surface area contributed by atoms with Crippen molar-refractivity contribution in [2.75, 3.05) is 6.54 Å². The van der Waals surface area contributed by atoms with Crippen LogP contribution in [-0.2, 0) is 22.4 Å². The van der Waals surface area contributed by atoms with Crippen molar-refractivity contribution in [3.8, 4) is 0 Å². The Hall–Kier alpha value is -1.84. The summed E-state index contributed by atoms with van der Waals surface area (Å²) in [5.74, 6) is -0.786. The summed E-state index contributed by atoms with van der Waals surface area (Å²) >= 11 is 0. The third-order valence-corrected chi connectivity index (χ3v) is 3.18. The zero-order valence-electron chi connectivity index (χ0n) is 12.4. The molecule has 1 aromatic rings. The largest absolute Gasteiger partial charge is 0.481 e. The van der Waals surface area contributed by atoms with Crippen LogP contribution in [0.2, 0.25) is 0 Å². The van der Waals surface area contributed by atoms with Crippen LogP contribution in [0.5, 0.6) is 0 Å². The van der Waals surface area contributed by atoms with Crippen LogP contribution in [0.1, 0.15) is 38.3 Å². The number of carbonyl (C=O) groups is 2. The molecule has 0 saturated carbocycles. The molecule has 0 unspecified atom stereocenters. The van der Waals surface area contributed by atoms with Gasteiger partial charge in [-0.2, -0.15) is 0 Å². The van der Waals surface area contributed by atoms with Crippen molar-refractivity contribution in [3.05, 3.63) is 35.4 Å². The van der Waals surface area contributed by atoms with E-state index in [-0.39, 0.29) is 5.91 Å². The molecule has 0 fully saturated rings. The number of hydrogen-bond donors (Lipinski definition) is 2. The molecular weight excluding hydrogens is 254 g/mol. The second kappa shape index (κ2) is 7.08. The fourth-order valence-electron chi connectivity index (χ4n) is 1.87. The van der Waals surface area contributed by atoms with Crippen LogP contribution in [-0.4, -0.2) is 23.5 Å². The van der Waals surface area contributed by atoms with Gasteiger partial charge in [0.1, 0.15) is 0 Å². The first-order chi connectivity index (χ1) is 9.35. The molecule has 0 aliphatic carbocycles. The van der Waals surface area contributed by atoms with E-state index < -0.39 is 11.4 Å². The summed E-state index contributed by atoms with van der Waals surface area (Å²) in [6, 6.07) is 7.57. The summed E-state index contributed by atoms with van der Waals surface area (Å²) in [6.07, 6.45) is 1.77. The Labute approximate surface area is 120 Å². The van der Waals surface area contributed by atoms with Crippen LogP contribution in [0, 0.1) is 5.41 Å². The number of carboxylic acid groups (broad SMARTS) is 1. The van der Waals surface area contributed by atoms with Gasteiger partial charge >= 0.3 is 5.97 Å². The second-order valence-electron chi connectivity index (χ2n) is 5.71. The van der Waals surface area contributed by atoms with E-state index in [2.05, 4.69) is 5.32 Å². The van der Waals surface area contributed by atoms with Gasteiger partial charge in [-0.25, -0.2) is 0 Å². The van der Waals surface area contributed by atoms with Crippen LogP contribution in [0.3, 0.4) is 0 Å². The highest BCUT2D eigenvalue weighted by atomic mass is 16.4. The maximum absolute atomic E-state index is 11.6. The molecule has 1 amide bonds. The van der Waals surface area contributed by atoms with Crippen molar-refractivity contribution in [3.63, 3.8) is 0 Å². The minimum absolute atomic E-state index is 0.0189. The summed E-state index contributed by atoms with van der Waals surface area (Å²) < 4.78 is 0. The molecule has 0 aromatic heterocycles. The number of hydrogen-bond acceptors (Lipinski definition) is 2. The Morgan fingerprint density at radius 3 is 2.20 bits per heavy atom. The molecule has 0 aliphatic heterocycles. The van der Waals surface area contributed by atoms with Crippen molar-refractivity contribution < 1.29 is 14.7 Å². The van der Waals surface area contributed by atoms with Crippen LogP contribution in [0.4, 0.5) is 0 Å². The van der Waals surface area contributed by atoms with Crippen molar-refractivity contribution in [2.45, 2.75) is 40.0 Å². The van der Waals surface area contributed by atoms with Crippen LogP contribution < -0.4 is 5.32 Å². The first-order valence-electron chi connectivity index (χ1n) is 6.93. The first-order valence-corrected chi connectivity index (χ1v) is 6.93. The number of benzene rings is 1. The highest BCUT2D eigenvalue weighted by molar-refractivity contribution is 5.78. The summed E-state index contributed by atoms with van der Waals surface area (Å²) in [7, 11) is 0. The normalized spacial score (nSPS) is 11.2. The standard InChI is InChI=1S/C16H23NO3/c1-4-9-17-14(18)10-12-5-7-13(8-6-12)11-16(2,3)15(19)20/h5-8H,4,9-11H2,1-3H3,(H,17,18)(H,19,20). The van der Waals surface area contributed by atoms with Gasteiger partial charge in [-0.05, 0) is 37.8 Å². The van der Waals surface area contributed by atoms with E-state index in [4.69, 9.17) is 5.11 Å². The zero-order chi connectivity index (χ0) is 15.2. The quantitative estimate of drug-likeness (QED) is 0.804.